The van der Waals surface area contributed by atoms with E-state index < -0.39 is 0 Å². The summed E-state index contributed by atoms with van der Waals surface area (Å²) in [6, 6.07) is 5.57. The van der Waals surface area contributed by atoms with Gasteiger partial charge in [-0.1, -0.05) is 19.9 Å². The van der Waals surface area contributed by atoms with Gasteiger partial charge in [0.05, 0.1) is 20.1 Å². The van der Waals surface area contributed by atoms with E-state index in [9.17, 15) is 4.79 Å². The standard InChI is InChI=1S/C15H24N2O3/c1-10(2)12(8-16)15(18)17-9-11-5-6-13(19-3)14(7-11)20-4/h5-7,10,12H,8-9,16H2,1-4H3,(H,17,18). The van der Waals surface area contributed by atoms with E-state index in [1.165, 1.54) is 0 Å². The van der Waals surface area contributed by atoms with Crippen LogP contribution in [-0.4, -0.2) is 26.7 Å². The molecule has 1 unspecified atom stereocenters. The molecule has 0 fully saturated rings. The average Bonchev–Trinajstić information content (AvgIpc) is 2.45. The molecule has 5 nitrogen and oxygen atoms in total. The lowest BCUT2D eigenvalue weighted by atomic mass is 9.95. The summed E-state index contributed by atoms with van der Waals surface area (Å²) in [5.41, 5.74) is 6.58. The zero-order valence-corrected chi connectivity index (χ0v) is 12.6. The molecule has 0 saturated carbocycles. The van der Waals surface area contributed by atoms with Gasteiger partial charge in [0.15, 0.2) is 11.5 Å². The van der Waals surface area contributed by atoms with Crippen LogP contribution in [0.2, 0.25) is 0 Å². The molecule has 1 aromatic rings. The number of carbonyl (C=O) groups is 1. The zero-order valence-electron chi connectivity index (χ0n) is 12.6. The van der Waals surface area contributed by atoms with Gasteiger partial charge in [0.2, 0.25) is 5.91 Å². The number of hydrogen-bond acceptors (Lipinski definition) is 4. The quantitative estimate of drug-likeness (QED) is 0.795. The summed E-state index contributed by atoms with van der Waals surface area (Å²) in [4.78, 5) is 12.0. The van der Waals surface area contributed by atoms with Crippen molar-refractivity contribution in [2.24, 2.45) is 17.6 Å². The maximum absolute atomic E-state index is 12.0. The zero-order chi connectivity index (χ0) is 15.1. The number of nitrogens with two attached hydrogens (primary N) is 1. The molecule has 0 radical (unpaired) electrons. The number of amides is 1. The molecule has 0 aliphatic rings. The summed E-state index contributed by atoms with van der Waals surface area (Å²) < 4.78 is 10.4. The van der Waals surface area contributed by atoms with E-state index in [0.29, 0.717) is 24.6 Å². The highest BCUT2D eigenvalue weighted by Crippen LogP contribution is 2.27. The van der Waals surface area contributed by atoms with Crippen molar-refractivity contribution < 1.29 is 14.3 Å². The van der Waals surface area contributed by atoms with E-state index in [1.54, 1.807) is 14.2 Å². The lowest BCUT2D eigenvalue weighted by Crippen LogP contribution is -2.37. The van der Waals surface area contributed by atoms with E-state index in [2.05, 4.69) is 5.32 Å². The van der Waals surface area contributed by atoms with Crippen LogP contribution in [0.3, 0.4) is 0 Å². The predicted octanol–water partition coefficient (Wildman–Crippen LogP) is 1.55. The van der Waals surface area contributed by atoms with Crippen molar-refractivity contribution in [2.45, 2.75) is 20.4 Å². The van der Waals surface area contributed by atoms with Crippen LogP contribution >= 0.6 is 0 Å². The Balaban J connectivity index is 2.68. The van der Waals surface area contributed by atoms with Gasteiger partial charge in [-0.25, -0.2) is 0 Å². The SMILES string of the molecule is COc1ccc(CNC(=O)C(CN)C(C)C)cc1OC. The van der Waals surface area contributed by atoms with Gasteiger partial charge in [-0.3, -0.25) is 4.79 Å². The second kappa shape index (κ2) is 7.75. The largest absolute Gasteiger partial charge is 0.493 e. The molecule has 1 amide bonds. The van der Waals surface area contributed by atoms with Gasteiger partial charge in [-0.15, -0.1) is 0 Å². The molecule has 112 valence electrons. The minimum Gasteiger partial charge on any atom is -0.493 e. The molecule has 0 heterocycles. The Morgan fingerprint density at radius 1 is 1.25 bits per heavy atom. The van der Waals surface area contributed by atoms with Crippen LogP contribution in [-0.2, 0) is 11.3 Å². The lowest BCUT2D eigenvalue weighted by molar-refractivity contribution is -0.126. The predicted molar refractivity (Wildman–Crippen MR) is 78.8 cm³/mol. The van der Waals surface area contributed by atoms with Gasteiger partial charge in [-0.05, 0) is 23.6 Å². The number of benzene rings is 1. The summed E-state index contributed by atoms with van der Waals surface area (Å²) in [6.45, 7) is 4.79. The first-order valence-corrected chi connectivity index (χ1v) is 6.72. The minimum absolute atomic E-state index is 0.0164. The highest BCUT2D eigenvalue weighted by atomic mass is 16.5. The van der Waals surface area contributed by atoms with Gasteiger partial charge in [0.1, 0.15) is 0 Å². The van der Waals surface area contributed by atoms with E-state index in [-0.39, 0.29) is 17.7 Å². The third-order valence-corrected chi connectivity index (χ3v) is 3.31. The van der Waals surface area contributed by atoms with Crippen molar-refractivity contribution in [1.29, 1.82) is 0 Å². The van der Waals surface area contributed by atoms with Crippen molar-refractivity contribution >= 4 is 5.91 Å². The van der Waals surface area contributed by atoms with Crippen LogP contribution in [0.1, 0.15) is 19.4 Å². The highest BCUT2D eigenvalue weighted by Gasteiger charge is 2.20. The van der Waals surface area contributed by atoms with Gasteiger partial charge in [-0.2, -0.15) is 0 Å². The Bertz CT molecular complexity index is 447. The Labute approximate surface area is 120 Å². The maximum atomic E-state index is 12.0. The Kier molecular flexibility index (Phi) is 6.31. The fourth-order valence-electron chi connectivity index (χ4n) is 1.99. The third-order valence-electron chi connectivity index (χ3n) is 3.31. The number of carbonyl (C=O) groups excluding carboxylic acids is 1. The molecular weight excluding hydrogens is 256 g/mol. The van der Waals surface area contributed by atoms with E-state index in [4.69, 9.17) is 15.2 Å². The molecule has 0 aliphatic heterocycles. The number of methoxy groups -OCH3 is 2. The van der Waals surface area contributed by atoms with Crippen molar-refractivity contribution in [1.82, 2.24) is 5.32 Å². The monoisotopic (exact) mass is 280 g/mol. The second-order valence-electron chi connectivity index (χ2n) is 4.99. The third kappa shape index (κ3) is 4.13. The molecular formula is C15H24N2O3. The maximum Gasteiger partial charge on any atom is 0.224 e. The van der Waals surface area contributed by atoms with Gasteiger partial charge in [0.25, 0.3) is 0 Å². The normalized spacial score (nSPS) is 12.1. The van der Waals surface area contributed by atoms with E-state index >= 15 is 0 Å². The Hall–Kier alpha value is -1.75. The first-order chi connectivity index (χ1) is 9.53. The van der Waals surface area contributed by atoms with Crippen LogP contribution in [0.15, 0.2) is 18.2 Å². The van der Waals surface area contributed by atoms with E-state index in [0.717, 1.165) is 5.56 Å². The Morgan fingerprint density at radius 3 is 2.40 bits per heavy atom. The molecule has 0 aliphatic carbocycles. The molecule has 5 heteroatoms. The minimum atomic E-state index is -0.157. The molecule has 1 atom stereocenters. The molecule has 1 rings (SSSR count). The smallest absolute Gasteiger partial charge is 0.224 e. The molecule has 20 heavy (non-hydrogen) atoms. The number of rotatable bonds is 7. The molecule has 0 saturated heterocycles. The number of ether oxygens (including phenoxy) is 2. The summed E-state index contributed by atoms with van der Waals surface area (Å²) in [5, 5.41) is 2.90. The van der Waals surface area contributed by atoms with Crippen LogP contribution in [0.25, 0.3) is 0 Å². The summed E-state index contributed by atoms with van der Waals surface area (Å²) in [6.07, 6.45) is 0. The topological polar surface area (TPSA) is 73.6 Å². The van der Waals surface area contributed by atoms with Crippen LogP contribution in [0.4, 0.5) is 0 Å². The Morgan fingerprint density at radius 2 is 1.90 bits per heavy atom. The van der Waals surface area contributed by atoms with Gasteiger partial charge < -0.3 is 20.5 Å². The molecule has 0 aromatic heterocycles. The first-order valence-electron chi connectivity index (χ1n) is 6.72. The summed E-state index contributed by atoms with van der Waals surface area (Å²) in [7, 11) is 3.18. The molecule has 0 spiro atoms. The first kappa shape index (κ1) is 16.3. The van der Waals surface area contributed by atoms with Crippen molar-refractivity contribution in [3.05, 3.63) is 23.8 Å². The number of hydrogen-bond donors (Lipinski definition) is 2. The molecule has 0 bridgehead atoms. The summed E-state index contributed by atoms with van der Waals surface area (Å²) in [5.74, 6) is 1.38. The van der Waals surface area contributed by atoms with Crippen molar-refractivity contribution in [2.75, 3.05) is 20.8 Å². The van der Waals surface area contributed by atoms with Crippen molar-refractivity contribution in [3.63, 3.8) is 0 Å². The van der Waals surface area contributed by atoms with Crippen LogP contribution in [0, 0.1) is 11.8 Å². The number of nitrogens with one attached hydrogen (secondary N) is 1. The van der Waals surface area contributed by atoms with Gasteiger partial charge in [0, 0.05) is 13.1 Å². The lowest BCUT2D eigenvalue weighted by Gasteiger charge is -2.18. The fraction of sp³-hybridized carbons (Fsp3) is 0.533. The molecule has 1 aromatic carbocycles. The summed E-state index contributed by atoms with van der Waals surface area (Å²) >= 11 is 0. The van der Waals surface area contributed by atoms with E-state index in [1.807, 2.05) is 32.0 Å². The molecule has 3 N–H and O–H groups in total. The van der Waals surface area contributed by atoms with Crippen LogP contribution in [0.5, 0.6) is 11.5 Å². The second-order valence-corrected chi connectivity index (χ2v) is 4.99. The fourth-order valence-corrected chi connectivity index (χ4v) is 1.99. The van der Waals surface area contributed by atoms with Crippen LogP contribution < -0.4 is 20.5 Å². The average molecular weight is 280 g/mol. The highest BCUT2D eigenvalue weighted by molar-refractivity contribution is 5.79. The van der Waals surface area contributed by atoms with Gasteiger partial charge >= 0.3 is 0 Å². The van der Waals surface area contributed by atoms with Crippen molar-refractivity contribution in [3.8, 4) is 11.5 Å².